The summed E-state index contributed by atoms with van der Waals surface area (Å²) in [5.41, 5.74) is 6.66. The van der Waals surface area contributed by atoms with Gasteiger partial charge in [-0.15, -0.1) is 0 Å². The van der Waals surface area contributed by atoms with Crippen LogP contribution in [-0.2, 0) is 6.42 Å². The van der Waals surface area contributed by atoms with Crippen LogP contribution in [0.5, 0.6) is 5.75 Å². The third kappa shape index (κ3) is 3.11. The van der Waals surface area contributed by atoms with Crippen LogP contribution in [0.2, 0.25) is 0 Å². The standard InChI is InChI=1S/C15H14F3NO/c1-20-10-4-2-9(3-5-10)6-15(19)11-7-13(17)14(18)8-12(11)16/h2-5,7-8,15H,6,19H2,1H3. The highest BCUT2D eigenvalue weighted by atomic mass is 19.2. The first-order valence-corrected chi connectivity index (χ1v) is 6.04. The van der Waals surface area contributed by atoms with Gasteiger partial charge in [0.25, 0.3) is 0 Å². The fourth-order valence-corrected chi connectivity index (χ4v) is 1.95. The lowest BCUT2D eigenvalue weighted by molar-refractivity contribution is 0.414. The minimum atomic E-state index is -1.22. The molecule has 0 saturated carbocycles. The summed E-state index contributed by atoms with van der Waals surface area (Å²) >= 11 is 0. The maximum atomic E-state index is 13.6. The minimum absolute atomic E-state index is 0.0419. The van der Waals surface area contributed by atoms with Crippen molar-refractivity contribution in [3.05, 3.63) is 65.0 Å². The number of ether oxygens (including phenoxy) is 1. The SMILES string of the molecule is COc1ccc(CC(N)c2cc(F)c(F)cc2F)cc1. The number of methoxy groups -OCH3 is 1. The van der Waals surface area contributed by atoms with Gasteiger partial charge in [-0.1, -0.05) is 12.1 Å². The Labute approximate surface area is 115 Å². The van der Waals surface area contributed by atoms with Gasteiger partial charge in [0, 0.05) is 17.7 Å². The first-order valence-electron chi connectivity index (χ1n) is 6.04. The van der Waals surface area contributed by atoms with Gasteiger partial charge in [0.15, 0.2) is 11.6 Å². The molecule has 0 aromatic heterocycles. The van der Waals surface area contributed by atoms with Crippen molar-refractivity contribution in [2.45, 2.75) is 12.5 Å². The van der Waals surface area contributed by atoms with Gasteiger partial charge in [-0.3, -0.25) is 0 Å². The van der Waals surface area contributed by atoms with E-state index >= 15 is 0 Å². The summed E-state index contributed by atoms with van der Waals surface area (Å²) in [5.74, 6) is -2.47. The summed E-state index contributed by atoms with van der Waals surface area (Å²) in [6, 6.07) is 7.65. The van der Waals surface area contributed by atoms with Crippen molar-refractivity contribution in [3.8, 4) is 5.75 Å². The lowest BCUT2D eigenvalue weighted by Crippen LogP contribution is -2.15. The van der Waals surface area contributed by atoms with E-state index in [4.69, 9.17) is 10.5 Å². The Morgan fingerprint density at radius 3 is 2.20 bits per heavy atom. The maximum absolute atomic E-state index is 13.6. The van der Waals surface area contributed by atoms with Crippen molar-refractivity contribution < 1.29 is 17.9 Å². The van der Waals surface area contributed by atoms with Crippen LogP contribution in [0, 0.1) is 17.5 Å². The van der Waals surface area contributed by atoms with Gasteiger partial charge in [0.2, 0.25) is 0 Å². The number of hydrogen-bond donors (Lipinski definition) is 1. The largest absolute Gasteiger partial charge is 0.497 e. The van der Waals surface area contributed by atoms with Crippen molar-refractivity contribution in [1.82, 2.24) is 0 Å². The van der Waals surface area contributed by atoms with Crippen molar-refractivity contribution in [2.24, 2.45) is 5.73 Å². The van der Waals surface area contributed by atoms with Crippen molar-refractivity contribution in [3.63, 3.8) is 0 Å². The zero-order valence-corrected chi connectivity index (χ0v) is 10.9. The predicted octanol–water partition coefficient (Wildman–Crippen LogP) is 3.36. The number of nitrogens with two attached hydrogens (primary N) is 1. The molecular weight excluding hydrogens is 267 g/mol. The Morgan fingerprint density at radius 2 is 1.60 bits per heavy atom. The Bertz CT molecular complexity index is 599. The van der Waals surface area contributed by atoms with Gasteiger partial charge in [-0.05, 0) is 30.2 Å². The molecule has 106 valence electrons. The molecule has 2 nitrogen and oxygen atoms in total. The van der Waals surface area contributed by atoms with Gasteiger partial charge in [0.05, 0.1) is 7.11 Å². The summed E-state index contributed by atoms with van der Waals surface area (Å²) in [5, 5.41) is 0. The van der Waals surface area contributed by atoms with Gasteiger partial charge < -0.3 is 10.5 Å². The van der Waals surface area contributed by atoms with E-state index in [1.807, 2.05) is 0 Å². The molecule has 0 spiro atoms. The summed E-state index contributed by atoms with van der Waals surface area (Å²) < 4.78 is 44.6. The van der Waals surface area contributed by atoms with Crippen LogP contribution in [-0.4, -0.2) is 7.11 Å². The molecule has 2 aromatic carbocycles. The molecule has 0 heterocycles. The molecule has 5 heteroatoms. The Balaban J connectivity index is 2.18. The second-order valence-corrected chi connectivity index (χ2v) is 4.45. The quantitative estimate of drug-likeness (QED) is 0.872. The van der Waals surface area contributed by atoms with Crippen molar-refractivity contribution >= 4 is 0 Å². The summed E-state index contributed by atoms with van der Waals surface area (Å²) in [6.45, 7) is 0. The number of hydrogen-bond acceptors (Lipinski definition) is 2. The molecule has 0 aliphatic heterocycles. The predicted molar refractivity (Wildman–Crippen MR) is 69.9 cm³/mol. The molecule has 0 fully saturated rings. The molecule has 0 saturated heterocycles. The topological polar surface area (TPSA) is 35.2 Å². The average Bonchev–Trinajstić information content (AvgIpc) is 2.43. The molecule has 2 N–H and O–H groups in total. The van der Waals surface area contributed by atoms with Crippen LogP contribution in [0.3, 0.4) is 0 Å². The lowest BCUT2D eigenvalue weighted by Gasteiger charge is -2.14. The molecule has 1 atom stereocenters. The second-order valence-electron chi connectivity index (χ2n) is 4.45. The Hall–Kier alpha value is -2.01. The number of halogens is 3. The molecule has 1 unspecified atom stereocenters. The number of rotatable bonds is 4. The van der Waals surface area contributed by atoms with E-state index in [0.29, 0.717) is 18.2 Å². The van der Waals surface area contributed by atoms with Crippen LogP contribution in [0.25, 0.3) is 0 Å². The van der Waals surface area contributed by atoms with E-state index in [1.165, 1.54) is 0 Å². The van der Waals surface area contributed by atoms with Crippen LogP contribution < -0.4 is 10.5 Å². The van der Waals surface area contributed by atoms with Crippen LogP contribution in [0.4, 0.5) is 13.2 Å². The first-order chi connectivity index (χ1) is 9.51. The molecular formula is C15H14F3NO. The van der Waals surface area contributed by atoms with E-state index in [-0.39, 0.29) is 5.56 Å². The molecule has 0 amide bonds. The smallest absolute Gasteiger partial charge is 0.161 e. The van der Waals surface area contributed by atoms with Crippen molar-refractivity contribution in [1.29, 1.82) is 0 Å². The number of benzene rings is 2. The van der Waals surface area contributed by atoms with E-state index in [9.17, 15) is 13.2 Å². The fraction of sp³-hybridized carbons (Fsp3) is 0.200. The average molecular weight is 281 g/mol. The Kier molecular flexibility index (Phi) is 4.29. The van der Waals surface area contributed by atoms with Gasteiger partial charge in [-0.25, -0.2) is 13.2 Å². The third-order valence-corrected chi connectivity index (χ3v) is 3.05. The molecule has 0 aliphatic rings. The molecule has 0 aliphatic carbocycles. The zero-order valence-electron chi connectivity index (χ0n) is 10.9. The molecule has 2 rings (SSSR count). The van der Waals surface area contributed by atoms with E-state index < -0.39 is 23.5 Å². The van der Waals surface area contributed by atoms with Crippen LogP contribution >= 0.6 is 0 Å². The van der Waals surface area contributed by atoms with Gasteiger partial charge in [0.1, 0.15) is 11.6 Å². The van der Waals surface area contributed by atoms with Gasteiger partial charge >= 0.3 is 0 Å². The maximum Gasteiger partial charge on any atom is 0.161 e. The monoisotopic (exact) mass is 281 g/mol. The molecule has 20 heavy (non-hydrogen) atoms. The molecule has 2 aromatic rings. The summed E-state index contributed by atoms with van der Waals surface area (Å²) in [4.78, 5) is 0. The zero-order chi connectivity index (χ0) is 14.7. The van der Waals surface area contributed by atoms with E-state index in [2.05, 4.69) is 0 Å². The van der Waals surface area contributed by atoms with E-state index in [1.54, 1.807) is 31.4 Å². The van der Waals surface area contributed by atoms with E-state index in [0.717, 1.165) is 11.6 Å². The molecule has 0 bridgehead atoms. The highest BCUT2D eigenvalue weighted by molar-refractivity contribution is 5.30. The highest BCUT2D eigenvalue weighted by Crippen LogP contribution is 2.23. The summed E-state index contributed by atoms with van der Waals surface area (Å²) in [7, 11) is 1.55. The summed E-state index contributed by atoms with van der Waals surface area (Å²) in [6.07, 6.45) is 0.311. The normalized spacial score (nSPS) is 12.2. The van der Waals surface area contributed by atoms with Crippen LogP contribution in [0.15, 0.2) is 36.4 Å². The lowest BCUT2D eigenvalue weighted by atomic mass is 9.99. The highest BCUT2D eigenvalue weighted by Gasteiger charge is 2.16. The van der Waals surface area contributed by atoms with Gasteiger partial charge in [-0.2, -0.15) is 0 Å². The minimum Gasteiger partial charge on any atom is -0.497 e. The van der Waals surface area contributed by atoms with Crippen LogP contribution in [0.1, 0.15) is 17.2 Å². The van der Waals surface area contributed by atoms with Crippen molar-refractivity contribution in [2.75, 3.05) is 7.11 Å². The first kappa shape index (κ1) is 14.4. The fourth-order valence-electron chi connectivity index (χ4n) is 1.95. The Morgan fingerprint density at radius 1 is 1.00 bits per heavy atom. The third-order valence-electron chi connectivity index (χ3n) is 3.05. The second kappa shape index (κ2) is 5.96. The molecule has 0 radical (unpaired) electrons.